The second-order valence-corrected chi connectivity index (χ2v) is 11.5. The molecule has 0 unspecified atom stereocenters. The Kier molecular flexibility index (Phi) is 9.95. The first-order valence-electron chi connectivity index (χ1n) is 14.5. The lowest BCUT2D eigenvalue weighted by atomic mass is 9.72. The zero-order valence-electron chi connectivity index (χ0n) is 24.2. The van der Waals surface area contributed by atoms with Gasteiger partial charge in [-0.3, -0.25) is 4.79 Å². The molecule has 0 radical (unpaired) electrons. The third kappa shape index (κ3) is 7.27. The van der Waals surface area contributed by atoms with Gasteiger partial charge in [0, 0.05) is 24.4 Å². The summed E-state index contributed by atoms with van der Waals surface area (Å²) in [6.07, 6.45) is 3.31. The van der Waals surface area contributed by atoms with Crippen LogP contribution in [-0.2, 0) is 16.1 Å². The molecule has 218 valence electrons. The first-order chi connectivity index (χ1) is 19.2. The highest BCUT2D eigenvalue weighted by Gasteiger charge is 2.49. The Morgan fingerprint density at radius 1 is 1.15 bits per heavy atom. The lowest BCUT2D eigenvalue weighted by Gasteiger charge is -2.34. The van der Waals surface area contributed by atoms with Crippen molar-refractivity contribution in [1.29, 1.82) is 0 Å². The molecule has 2 aromatic carbocycles. The summed E-state index contributed by atoms with van der Waals surface area (Å²) in [5.74, 6) is 1.68. The van der Waals surface area contributed by atoms with Crippen LogP contribution in [0.25, 0.3) is 0 Å². The SMILES string of the molecule is CCCC[C@@H](NC(=O)OCc1ccccc1)C(=O)N1C[C@@H](c2ccc(OC)c(OCC3CC3)c2)[C@](C)([C@@H](C)O)C1. The molecule has 1 heterocycles. The Hall–Kier alpha value is -3.26. The molecule has 2 aromatic rings. The van der Waals surface area contributed by atoms with Gasteiger partial charge in [0.1, 0.15) is 12.6 Å². The van der Waals surface area contributed by atoms with E-state index in [4.69, 9.17) is 14.2 Å². The number of carbonyl (C=O) groups is 2. The summed E-state index contributed by atoms with van der Waals surface area (Å²) in [7, 11) is 1.63. The number of hydrogen-bond acceptors (Lipinski definition) is 6. The van der Waals surface area contributed by atoms with Crippen LogP contribution >= 0.6 is 0 Å². The predicted molar refractivity (Wildman–Crippen MR) is 153 cm³/mol. The summed E-state index contributed by atoms with van der Waals surface area (Å²) in [4.78, 5) is 28.3. The van der Waals surface area contributed by atoms with E-state index >= 15 is 0 Å². The van der Waals surface area contributed by atoms with Crippen LogP contribution in [0.3, 0.4) is 0 Å². The molecule has 40 heavy (non-hydrogen) atoms. The highest BCUT2D eigenvalue weighted by Crippen LogP contribution is 2.47. The molecular formula is C32H44N2O6. The predicted octanol–water partition coefficient (Wildman–Crippen LogP) is 5.28. The number of amides is 2. The smallest absolute Gasteiger partial charge is 0.408 e. The number of nitrogens with zero attached hydrogens (tertiary/aromatic N) is 1. The maximum atomic E-state index is 13.8. The Labute approximate surface area is 238 Å². The number of hydrogen-bond donors (Lipinski definition) is 2. The van der Waals surface area contributed by atoms with Gasteiger partial charge >= 0.3 is 6.09 Å². The molecule has 2 aliphatic rings. The molecule has 1 aliphatic carbocycles. The fraction of sp³-hybridized carbons (Fsp3) is 0.562. The minimum Gasteiger partial charge on any atom is -0.493 e. The molecule has 0 aromatic heterocycles. The number of benzene rings is 2. The molecule has 4 atom stereocenters. The summed E-state index contributed by atoms with van der Waals surface area (Å²) in [5, 5.41) is 13.7. The number of alkyl carbamates (subject to hydrolysis) is 1. The summed E-state index contributed by atoms with van der Waals surface area (Å²) in [5.41, 5.74) is 1.29. The number of likely N-dealkylation sites (tertiary alicyclic amines) is 1. The quantitative estimate of drug-likeness (QED) is 0.351. The maximum absolute atomic E-state index is 13.8. The van der Waals surface area contributed by atoms with Gasteiger partial charge in [0.05, 0.1) is 19.8 Å². The molecule has 1 aliphatic heterocycles. The topological polar surface area (TPSA) is 97.3 Å². The van der Waals surface area contributed by atoms with E-state index in [0.717, 1.165) is 24.0 Å². The molecule has 4 rings (SSSR count). The zero-order chi connectivity index (χ0) is 28.7. The first-order valence-corrected chi connectivity index (χ1v) is 14.5. The summed E-state index contributed by atoms with van der Waals surface area (Å²) >= 11 is 0. The normalized spacial score (nSPS) is 21.9. The van der Waals surface area contributed by atoms with Crippen molar-refractivity contribution in [3.63, 3.8) is 0 Å². The Morgan fingerprint density at radius 3 is 2.55 bits per heavy atom. The molecule has 2 N–H and O–H groups in total. The van der Waals surface area contributed by atoms with Gasteiger partial charge in [-0.2, -0.15) is 0 Å². The van der Waals surface area contributed by atoms with Crippen LogP contribution in [0.15, 0.2) is 48.5 Å². The minimum atomic E-state index is -0.700. The third-order valence-corrected chi connectivity index (χ3v) is 8.41. The molecule has 1 saturated carbocycles. The van der Waals surface area contributed by atoms with E-state index in [0.29, 0.717) is 43.5 Å². The number of unbranched alkanes of at least 4 members (excludes halogenated alkanes) is 1. The van der Waals surface area contributed by atoms with E-state index in [-0.39, 0.29) is 18.4 Å². The van der Waals surface area contributed by atoms with Crippen LogP contribution in [0.2, 0.25) is 0 Å². The van der Waals surface area contributed by atoms with Crippen molar-refractivity contribution in [3.8, 4) is 11.5 Å². The molecule has 0 spiro atoms. The molecular weight excluding hydrogens is 508 g/mol. The highest BCUT2D eigenvalue weighted by molar-refractivity contribution is 5.86. The van der Waals surface area contributed by atoms with Gasteiger partial charge in [-0.25, -0.2) is 4.79 Å². The lowest BCUT2D eigenvalue weighted by molar-refractivity contribution is -0.133. The van der Waals surface area contributed by atoms with Crippen molar-refractivity contribution in [2.75, 3.05) is 26.8 Å². The van der Waals surface area contributed by atoms with Crippen LogP contribution in [0.4, 0.5) is 4.79 Å². The summed E-state index contributed by atoms with van der Waals surface area (Å²) in [6.45, 7) is 7.46. The van der Waals surface area contributed by atoms with E-state index in [1.165, 1.54) is 12.8 Å². The number of carbonyl (C=O) groups excluding carboxylic acids is 2. The Morgan fingerprint density at radius 2 is 1.90 bits per heavy atom. The van der Waals surface area contributed by atoms with Crippen molar-refractivity contribution >= 4 is 12.0 Å². The summed E-state index contributed by atoms with van der Waals surface area (Å²) in [6, 6.07) is 14.6. The van der Waals surface area contributed by atoms with Gasteiger partial charge in [-0.1, -0.05) is 63.1 Å². The van der Waals surface area contributed by atoms with E-state index < -0.39 is 23.7 Å². The molecule has 1 saturated heterocycles. The van der Waals surface area contributed by atoms with Crippen molar-refractivity contribution in [2.45, 2.75) is 77.5 Å². The minimum absolute atomic E-state index is 0.123. The van der Waals surface area contributed by atoms with Crippen molar-refractivity contribution in [2.24, 2.45) is 11.3 Å². The van der Waals surface area contributed by atoms with E-state index in [2.05, 4.69) is 12.2 Å². The van der Waals surface area contributed by atoms with Gasteiger partial charge < -0.3 is 29.5 Å². The van der Waals surface area contributed by atoms with Gasteiger partial charge in [0.2, 0.25) is 5.91 Å². The van der Waals surface area contributed by atoms with Gasteiger partial charge in [0.25, 0.3) is 0 Å². The van der Waals surface area contributed by atoms with Gasteiger partial charge in [-0.15, -0.1) is 0 Å². The van der Waals surface area contributed by atoms with Crippen LogP contribution in [0, 0.1) is 11.3 Å². The number of methoxy groups -OCH3 is 1. The van der Waals surface area contributed by atoms with Gasteiger partial charge in [-0.05, 0) is 55.4 Å². The number of aliphatic hydroxyl groups excluding tert-OH is 1. The molecule has 0 bridgehead atoms. The first kappa shape index (κ1) is 29.7. The van der Waals surface area contributed by atoms with Gasteiger partial charge in [0.15, 0.2) is 11.5 Å². The lowest BCUT2D eigenvalue weighted by Crippen LogP contribution is -2.49. The molecule has 8 heteroatoms. The zero-order valence-corrected chi connectivity index (χ0v) is 24.2. The number of ether oxygens (including phenoxy) is 3. The average molecular weight is 553 g/mol. The van der Waals surface area contributed by atoms with Crippen LogP contribution in [0.1, 0.15) is 69.9 Å². The number of aliphatic hydroxyl groups is 1. The van der Waals surface area contributed by atoms with Crippen molar-refractivity contribution < 1.29 is 28.9 Å². The third-order valence-electron chi connectivity index (χ3n) is 8.41. The largest absolute Gasteiger partial charge is 0.493 e. The molecule has 8 nitrogen and oxygen atoms in total. The fourth-order valence-corrected chi connectivity index (χ4v) is 5.40. The van der Waals surface area contributed by atoms with E-state index in [1.54, 1.807) is 18.9 Å². The number of nitrogens with one attached hydrogen (secondary N) is 1. The fourth-order valence-electron chi connectivity index (χ4n) is 5.40. The van der Waals surface area contributed by atoms with Crippen LogP contribution in [0.5, 0.6) is 11.5 Å². The monoisotopic (exact) mass is 552 g/mol. The maximum Gasteiger partial charge on any atom is 0.408 e. The van der Waals surface area contributed by atoms with Crippen molar-refractivity contribution in [3.05, 3.63) is 59.7 Å². The standard InChI is InChI=1S/C32H44N2O6/c1-5-6-12-27(33-31(37)40-20-23-10-8-7-9-11-23)30(36)34-18-26(32(3,21-34)22(2)35)25-15-16-28(38-4)29(17-25)39-19-24-13-14-24/h7-11,15-17,22,24,26-27,35H,5-6,12-14,18-21H2,1-4H3,(H,33,37)/t22-,26+,27-,32+/m1/s1. The van der Waals surface area contributed by atoms with E-state index in [9.17, 15) is 14.7 Å². The van der Waals surface area contributed by atoms with Crippen LogP contribution in [-0.4, -0.2) is 61.0 Å². The van der Waals surface area contributed by atoms with Crippen molar-refractivity contribution in [1.82, 2.24) is 10.2 Å². The second kappa shape index (κ2) is 13.4. The highest BCUT2D eigenvalue weighted by atomic mass is 16.5. The second-order valence-electron chi connectivity index (χ2n) is 11.5. The average Bonchev–Trinajstić information content (AvgIpc) is 3.72. The molecule has 2 amide bonds. The van der Waals surface area contributed by atoms with E-state index in [1.807, 2.05) is 55.5 Å². The Balaban J connectivity index is 1.49. The summed E-state index contributed by atoms with van der Waals surface area (Å²) < 4.78 is 17.1. The Bertz CT molecular complexity index is 1140. The van der Waals surface area contributed by atoms with Crippen LogP contribution < -0.4 is 14.8 Å². The molecule has 2 fully saturated rings. The number of rotatable bonds is 13.